The first-order chi connectivity index (χ1) is 40.1. The van der Waals surface area contributed by atoms with E-state index in [1.54, 1.807) is 16.7 Å². The lowest BCUT2D eigenvalue weighted by molar-refractivity contribution is 0.0974. The van der Waals surface area contributed by atoms with Crippen LogP contribution in [0.5, 0.6) is 0 Å². The highest BCUT2D eigenvalue weighted by molar-refractivity contribution is 6.31. The average molecular weight is 1060 g/mol. The molecule has 0 atom stereocenters. The molecule has 7 aliphatic carbocycles. The SMILES string of the molecule is CC(C)(C)c1cc2c3cc4c(cc3n3c5cc6c7cc(-c8c(-c9ccccc9)cccc8-c8ccccc8)cc8c9c%10c(c(C%11(C)CCCC%11)cc9n(c6cc5c(c1)c23)c78)C1CCC%10CC1)C(=O)C1c2ccccc2C4c2ccccc21. The van der Waals surface area contributed by atoms with E-state index in [1.165, 1.54) is 172 Å². The topological polar surface area (TPSA) is 25.9 Å². The molecule has 394 valence electrons. The minimum absolute atomic E-state index is 0.0250. The first-order valence-electron chi connectivity index (χ1n) is 30.6. The summed E-state index contributed by atoms with van der Waals surface area (Å²) in [7, 11) is 0. The van der Waals surface area contributed by atoms with Crippen molar-refractivity contribution in [3.63, 3.8) is 0 Å². The molecule has 0 spiro atoms. The van der Waals surface area contributed by atoms with Gasteiger partial charge in [-0.3, -0.25) is 4.79 Å². The molecule has 0 N–H and O–H groups in total. The molecule has 14 aromatic rings. The van der Waals surface area contributed by atoms with Crippen molar-refractivity contribution in [3.05, 3.63) is 238 Å². The van der Waals surface area contributed by atoms with E-state index in [-0.39, 0.29) is 28.4 Å². The van der Waals surface area contributed by atoms with Gasteiger partial charge in [0.25, 0.3) is 0 Å². The minimum atomic E-state index is -0.338. The minimum Gasteiger partial charge on any atom is -0.308 e. The molecule has 0 unspecified atom stereocenters. The molecule has 4 bridgehead atoms. The largest absolute Gasteiger partial charge is 0.308 e. The van der Waals surface area contributed by atoms with Crippen molar-refractivity contribution < 1.29 is 4.79 Å². The molecule has 2 fully saturated rings. The normalized spacial score (nSPS) is 19.9. The zero-order valence-electron chi connectivity index (χ0n) is 47.1. The summed E-state index contributed by atoms with van der Waals surface area (Å²) in [6.07, 6.45) is 10.4. The van der Waals surface area contributed by atoms with Crippen LogP contribution in [0, 0.1) is 0 Å². The molecular formula is C79H62N2O. The number of nitrogens with zero attached hydrogens (tertiary/aromatic N) is 2. The van der Waals surface area contributed by atoms with Gasteiger partial charge in [0, 0.05) is 54.6 Å². The van der Waals surface area contributed by atoms with Gasteiger partial charge < -0.3 is 8.80 Å². The molecule has 4 heterocycles. The number of hydrogen-bond donors (Lipinski definition) is 0. The number of fused-ring (bicyclic) bond motifs is 14. The quantitative estimate of drug-likeness (QED) is 0.172. The number of benzene rings is 10. The fraction of sp³-hybridized carbons (Fsp3) is 0.228. The second-order valence-corrected chi connectivity index (χ2v) is 27.0. The molecule has 10 aromatic carbocycles. The molecule has 2 saturated carbocycles. The molecule has 4 aromatic heterocycles. The van der Waals surface area contributed by atoms with Crippen LogP contribution in [0.3, 0.4) is 0 Å². The monoisotopic (exact) mass is 1050 g/mol. The second-order valence-electron chi connectivity index (χ2n) is 27.0. The van der Waals surface area contributed by atoms with Gasteiger partial charge >= 0.3 is 0 Å². The van der Waals surface area contributed by atoms with E-state index >= 15 is 4.79 Å². The van der Waals surface area contributed by atoms with Crippen LogP contribution in [0.1, 0.15) is 163 Å². The maximum absolute atomic E-state index is 15.6. The number of rotatable bonds is 4. The van der Waals surface area contributed by atoms with E-state index < -0.39 is 0 Å². The summed E-state index contributed by atoms with van der Waals surface area (Å²) in [6, 6.07) is 69.5. The first-order valence-corrected chi connectivity index (χ1v) is 30.6. The van der Waals surface area contributed by atoms with Crippen LogP contribution in [0.2, 0.25) is 0 Å². The third-order valence-electron chi connectivity index (χ3n) is 21.8. The molecular weight excluding hydrogens is 993 g/mol. The fourth-order valence-electron chi connectivity index (χ4n) is 18.1. The molecule has 3 nitrogen and oxygen atoms in total. The summed E-state index contributed by atoms with van der Waals surface area (Å²) >= 11 is 0. The maximum atomic E-state index is 15.6. The number of hydrogen-bond acceptors (Lipinski definition) is 1. The average Bonchev–Trinajstić information content (AvgIpc) is 1.71. The van der Waals surface area contributed by atoms with Crippen molar-refractivity contribution >= 4 is 82.0 Å². The molecule has 82 heavy (non-hydrogen) atoms. The van der Waals surface area contributed by atoms with Crippen LogP contribution < -0.4 is 0 Å². The van der Waals surface area contributed by atoms with E-state index in [2.05, 4.69) is 218 Å². The van der Waals surface area contributed by atoms with Gasteiger partial charge in [0.05, 0.1) is 39.0 Å². The van der Waals surface area contributed by atoms with E-state index in [1.807, 2.05) is 0 Å². The number of aromatic nitrogens is 2. The Labute approximate surface area is 477 Å². The number of Topliss-reactive ketones (excluding diaryl/α,β-unsaturated/α-hetero) is 1. The lowest BCUT2D eigenvalue weighted by atomic mass is 9.61. The van der Waals surface area contributed by atoms with Crippen molar-refractivity contribution in [3.8, 4) is 33.4 Å². The predicted octanol–water partition coefficient (Wildman–Crippen LogP) is 20.7. The van der Waals surface area contributed by atoms with Crippen molar-refractivity contribution in [2.45, 2.75) is 114 Å². The van der Waals surface area contributed by atoms with Gasteiger partial charge in [-0.15, -0.1) is 0 Å². The number of carbonyl (C=O) groups is 1. The van der Waals surface area contributed by atoms with Crippen LogP contribution in [0.4, 0.5) is 0 Å². The molecule has 7 aliphatic rings. The van der Waals surface area contributed by atoms with Crippen molar-refractivity contribution in [2.24, 2.45) is 0 Å². The summed E-state index contributed by atoms with van der Waals surface area (Å²) in [5.74, 6) is 1.04. The third kappa shape index (κ3) is 5.84. The second kappa shape index (κ2) is 15.9. The van der Waals surface area contributed by atoms with E-state index in [9.17, 15) is 0 Å². The third-order valence-corrected chi connectivity index (χ3v) is 21.8. The highest BCUT2D eigenvalue weighted by atomic mass is 16.1. The Balaban J connectivity index is 0.976. The Kier molecular flexibility index (Phi) is 8.96. The van der Waals surface area contributed by atoms with Crippen molar-refractivity contribution in [1.82, 2.24) is 8.80 Å². The maximum Gasteiger partial charge on any atom is 0.175 e. The first kappa shape index (κ1) is 46.1. The predicted molar refractivity (Wildman–Crippen MR) is 341 cm³/mol. The Morgan fingerprint density at radius 1 is 0.427 bits per heavy atom. The highest BCUT2D eigenvalue weighted by Crippen LogP contribution is 2.60. The summed E-state index contributed by atoms with van der Waals surface area (Å²) in [5, 5.41) is 10.5. The van der Waals surface area contributed by atoms with E-state index in [4.69, 9.17) is 0 Å². The van der Waals surface area contributed by atoms with Crippen LogP contribution in [-0.4, -0.2) is 14.6 Å². The lowest BCUT2D eigenvalue weighted by Crippen LogP contribution is -2.28. The van der Waals surface area contributed by atoms with Crippen molar-refractivity contribution in [2.75, 3.05) is 0 Å². The zero-order valence-corrected chi connectivity index (χ0v) is 47.1. The molecule has 3 heteroatoms. The van der Waals surface area contributed by atoms with Gasteiger partial charge in [0.1, 0.15) is 0 Å². The molecule has 0 saturated heterocycles. The summed E-state index contributed by atoms with van der Waals surface area (Å²) in [5.41, 5.74) is 28.4. The summed E-state index contributed by atoms with van der Waals surface area (Å²) in [6.45, 7) is 9.71. The van der Waals surface area contributed by atoms with Gasteiger partial charge in [-0.1, -0.05) is 168 Å². The Morgan fingerprint density at radius 3 is 1.50 bits per heavy atom. The van der Waals surface area contributed by atoms with Crippen LogP contribution in [0.25, 0.3) is 110 Å². The van der Waals surface area contributed by atoms with Gasteiger partial charge in [0.2, 0.25) is 0 Å². The highest BCUT2D eigenvalue weighted by Gasteiger charge is 2.45. The van der Waals surface area contributed by atoms with E-state index in [0.717, 1.165) is 27.8 Å². The van der Waals surface area contributed by atoms with E-state index in [0.29, 0.717) is 11.8 Å². The number of ketones is 1. The Hall–Kier alpha value is -8.53. The van der Waals surface area contributed by atoms with Gasteiger partial charge in [-0.05, 0) is 199 Å². The molecule has 0 aliphatic heterocycles. The molecule has 0 radical (unpaired) electrons. The van der Waals surface area contributed by atoms with Crippen LogP contribution in [-0.2, 0) is 10.8 Å². The molecule has 0 amide bonds. The van der Waals surface area contributed by atoms with Crippen LogP contribution in [0.15, 0.2) is 182 Å². The Morgan fingerprint density at radius 2 is 0.915 bits per heavy atom. The number of carbonyl (C=O) groups excluding carboxylic acids is 1. The van der Waals surface area contributed by atoms with Gasteiger partial charge in [-0.25, -0.2) is 0 Å². The molecule has 21 rings (SSSR count). The standard InChI is InChI=1S/C79H62N2O/c1-78(2,3)48-36-60-55-38-58-62(77(82)73-53-24-13-11-22-51(53)72(58)52-23-12-14-25-54(52)73)41-67(55)80-65-39-56-59-34-47(69-49(43-18-7-5-8-19-43)26-17-27-50(69)44-20-9-6-10-21-44)35-63-74-68(81(76(59)63)66(56)40-57(65)61(37-48)75(60)80)42-64(79(4)32-15-16-33-79)70-45-28-30-46(31-29-45)71(70)74/h5-14,17-27,34-42,45-46,72-73H,15-16,28-33H2,1-4H3. The fourth-order valence-corrected chi connectivity index (χ4v) is 18.1. The van der Waals surface area contributed by atoms with Crippen LogP contribution >= 0.6 is 0 Å². The zero-order chi connectivity index (χ0) is 54.2. The van der Waals surface area contributed by atoms with Crippen molar-refractivity contribution in [1.29, 1.82) is 0 Å². The Bertz CT molecular complexity index is 5020. The lowest BCUT2D eigenvalue weighted by Gasteiger charge is -2.43. The van der Waals surface area contributed by atoms with Gasteiger partial charge in [0.15, 0.2) is 5.78 Å². The van der Waals surface area contributed by atoms with Gasteiger partial charge in [-0.2, -0.15) is 0 Å². The smallest absolute Gasteiger partial charge is 0.175 e. The summed E-state index contributed by atoms with van der Waals surface area (Å²) in [4.78, 5) is 15.6. The summed E-state index contributed by atoms with van der Waals surface area (Å²) < 4.78 is 5.32.